The summed E-state index contributed by atoms with van der Waals surface area (Å²) in [6.45, 7) is 6.26. The van der Waals surface area contributed by atoms with Crippen molar-refractivity contribution in [3.63, 3.8) is 0 Å². The van der Waals surface area contributed by atoms with E-state index in [1.54, 1.807) is 0 Å². The van der Waals surface area contributed by atoms with Gasteiger partial charge in [-0.3, -0.25) is 4.98 Å². The molecule has 2 aromatic heterocycles. The molecule has 4 heteroatoms. The molecule has 0 spiro atoms. The van der Waals surface area contributed by atoms with Gasteiger partial charge in [0.05, 0.1) is 5.69 Å². The van der Waals surface area contributed by atoms with Gasteiger partial charge in [-0.25, -0.2) is 9.97 Å². The first kappa shape index (κ1) is 14.1. The van der Waals surface area contributed by atoms with Crippen LogP contribution in [0.25, 0.3) is 11.4 Å². The van der Waals surface area contributed by atoms with Crippen LogP contribution in [-0.2, 0) is 25.8 Å². The van der Waals surface area contributed by atoms with Gasteiger partial charge >= 0.3 is 0 Å². The minimum Gasteiger partial charge on any atom is -0.312 e. The van der Waals surface area contributed by atoms with Gasteiger partial charge in [0, 0.05) is 48.7 Å². The van der Waals surface area contributed by atoms with Gasteiger partial charge in [-0.2, -0.15) is 0 Å². The topological polar surface area (TPSA) is 50.7 Å². The van der Waals surface area contributed by atoms with Gasteiger partial charge in [-0.05, 0) is 24.5 Å². The molecule has 1 aliphatic rings. The zero-order chi connectivity index (χ0) is 14.7. The summed E-state index contributed by atoms with van der Waals surface area (Å²) in [4.78, 5) is 14.0. The molecule has 0 bridgehead atoms. The maximum absolute atomic E-state index is 4.88. The SMILES string of the molecule is CCCc1nc(-c2ccncc2CC)nc2c1CNCC2. The van der Waals surface area contributed by atoms with E-state index in [4.69, 9.17) is 9.97 Å². The van der Waals surface area contributed by atoms with Crippen molar-refractivity contribution in [3.8, 4) is 11.4 Å². The van der Waals surface area contributed by atoms with Gasteiger partial charge < -0.3 is 5.32 Å². The Balaban J connectivity index is 2.12. The summed E-state index contributed by atoms with van der Waals surface area (Å²) in [5.74, 6) is 0.873. The van der Waals surface area contributed by atoms with Crippen LogP contribution in [0.15, 0.2) is 18.5 Å². The van der Waals surface area contributed by atoms with Crippen LogP contribution in [0.2, 0.25) is 0 Å². The third kappa shape index (κ3) is 2.81. The highest BCUT2D eigenvalue weighted by molar-refractivity contribution is 5.60. The van der Waals surface area contributed by atoms with Crippen molar-refractivity contribution in [2.45, 2.75) is 46.1 Å². The van der Waals surface area contributed by atoms with E-state index in [0.29, 0.717) is 0 Å². The van der Waals surface area contributed by atoms with Gasteiger partial charge in [0.15, 0.2) is 5.82 Å². The van der Waals surface area contributed by atoms with Crippen molar-refractivity contribution in [2.24, 2.45) is 0 Å². The predicted molar refractivity (Wildman–Crippen MR) is 84.0 cm³/mol. The fraction of sp³-hybridized carbons (Fsp3) is 0.471. The number of nitrogens with zero attached hydrogens (tertiary/aromatic N) is 3. The summed E-state index contributed by atoms with van der Waals surface area (Å²) in [5.41, 5.74) is 6.10. The van der Waals surface area contributed by atoms with Crippen LogP contribution in [0, 0.1) is 0 Å². The highest BCUT2D eigenvalue weighted by atomic mass is 15.0. The summed E-state index contributed by atoms with van der Waals surface area (Å²) in [6, 6.07) is 2.04. The van der Waals surface area contributed by atoms with E-state index in [1.165, 1.54) is 22.5 Å². The quantitative estimate of drug-likeness (QED) is 0.936. The molecule has 0 radical (unpaired) electrons. The first-order valence-electron chi connectivity index (χ1n) is 7.86. The number of hydrogen-bond acceptors (Lipinski definition) is 4. The van der Waals surface area contributed by atoms with Crippen LogP contribution in [0.4, 0.5) is 0 Å². The summed E-state index contributed by atoms with van der Waals surface area (Å²) < 4.78 is 0. The lowest BCUT2D eigenvalue weighted by atomic mass is 10.0. The van der Waals surface area contributed by atoms with E-state index >= 15 is 0 Å². The van der Waals surface area contributed by atoms with Crippen LogP contribution in [0.1, 0.15) is 42.8 Å². The highest BCUT2D eigenvalue weighted by Gasteiger charge is 2.18. The van der Waals surface area contributed by atoms with Crippen LogP contribution in [-0.4, -0.2) is 21.5 Å². The number of aryl methyl sites for hydroxylation is 2. The molecular weight excluding hydrogens is 260 g/mol. The van der Waals surface area contributed by atoms with Crippen molar-refractivity contribution in [2.75, 3.05) is 6.54 Å². The van der Waals surface area contributed by atoms with Crippen LogP contribution >= 0.6 is 0 Å². The largest absolute Gasteiger partial charge is 0.312 e. The molecule has 0 unspecified atom stereocenters. The van der Waals surface area contributed by atoms with Crippen molar-refractivity contribution >= 4 is 0 Å². The summed E-state index contributed by atoms with van der Waals surface area (Å²) in [6.07, 6.45) is 7.84. The molecule has 3 heterocycles. The van der Waals surface area contributed by atoms with E-state index in [-0.39, 0.29) is 0 Å². The van der Waals surface area contributed by atoms with Crippen LogP contribution in [0.3, 0.4) is 0 Å². The zero-order valence-corrected chi connectivity index (χ0v) is 12.8. The molecule has 0 saturated carbocycles. The number of nitrogens with one attached hydrogen (secondary N) is 1. The molecule has 21 heavy (non-hydrogen) atoms. The Kier molecular flexibility index (Phi) is 4.25. The summed E-state index contributed by atoms with van der Waals surface area (Å²) in [7, 11) is 0. The Morgan fingerprint density at radius 1 is 1.24 bits per heavy atom. The third-order valence-electron chi connectivity index (χ3n) is 4.03. The van der Waals surface area contributed by atoms with Crippen molar-refractivity contribution in [1.82, 2.24) is 20.3 Å². The van der Waals surface area contributed by atoms with E-state index in [2.05, 4.69) is 24.1 Å². The van der Waals surface area contributed by atoms with E-state index in [9.17, 15) is 0 Å². The Labute approximate surface area is 126 Å². The fourth-order valence-corrected chi connectivity index (χ4v) is 2.90. The minimum atomic E-state index is 0.873. The van der Waals surface area contributed by atoms with Crippen LogP contribution < -0.4 is 5.32 Å². The number of pyridine rings is 1. The molecule has 110 valence electrons. The smallest absolute Gasteiger partial charge is 0.160 e. The lowest BCUT2D eigenvalue weighted by Gasteiger charge is -2.20. The van der Waals surface area contributed by atoms with Gasteiger partial charge in [0.2, 0.25) is 0 Å². The number of fused-ring (bicyclic) bond motifs is 1. The fourth-order valence-electron chi connectivity index (χ4n) is 2.90. The average molecular weight is 282 g/mol. The minimum absolute atomic E-state index is 0.873. The molecule has 0 fully saturated rings. The van der Waals surface area contributed by atoms with Crippen molar-refractivity contribution in [3.05, 3.63) is 41.0 Å². The van der Waals surface area contributed by atoms with Crippen molar-refractivity contribution < 1.29 is 0 Å². The molecule has 0 aromatic carbocycles. The first-order valence-corrected chi connectivity index (χ1v) is 7.86. The maximum Gasteiger partial charge on any atom is 0.160 e. The lowest BCUT2D eigenvalue weighted by Crippen LogP contribution is -2.27. The molecule has 0 aliphatic carbocycles. The Bertz CT molecular complexity index is 637. The molecule has 2 aromatic rings. The Morgan fingerprint density at radius 3 is 2.95 bits per heavy atom. The van der Waals surface area contributed by atoms with Gasteiger partial charge in [0.1, 0.15) is 0 Å². The summed E-state index contributed by atoms with van der Waals surface area (Å²) in [5, 5.41) is 3.43. The predicted octanol–water partition coefficient (Wildman–Crippen LogP) is 2.70. The maximum atomic E-state index is 4.88. The second-order valence-electron chi connectivity index (χ2n) is 5.48. The van der Waals surface area contributed by atoms with Gasteiger partial charge in [0.25, 0.3) is 0 Å². The normalized spacial score (nSPS) is 14.0. The van der Waals surface area contributed by atoms with E-state index in [0.717, 1.165) is 50.2 Å². The second kappa shape index (κ2) is 6.31. The second-order valence-corrected chi connectivity index (χ2v) is 5.48. The molecule has 1 N–H and O–H groups in total. The van der Waals surface area contributed by atoms with Gasteiger partial charge in [-0.1, -0.05) is 20.3 Å². The standard InChI is InChI=1S/C17H22N4/c1-3-5-15-14-11-19-9-7-16(14)21-17(20-15)13-6-8-18-10-12(13)4-2/h6,8,10,19H,3-5,7,9,11H2,1-2H3. The molecule has 1 aliphatic heterocycles. The Hall–Kier alpha value is -1.81. The molecule has 4 nitrogen and oxygen atoms in total. The van der Waals surface area contributed by atoms with E-state index in [1.807, 2.05) is 18.5 Å². The molecule has 3 rings (SSSR count). The lowest BCUT2D eigenvalue weighted by molar-refractivity contribution is 0.615. The first-order chi connectivity index (χ1) is 10.3. The van der Waals surface area contributed by atoms with Crippen LogP contribution in [0.5, 0.6) is 0 Å². The third-order valence-corrected chi connectivity index (χ3v) is 4.03. The number of rotatable bonds is 4. The highest BCUT2D eigenvalue weighted by Crippen LogP contribution is 2.24. The van der Waals surface area contributed by atoms with Crippen molar-refractivity contribution in [1.29, 1.82) is 0 Å². The molecule has 0 atom stereocenters. The molecular formula is C17H22N4. The van der Waals surface area contributed by atoms with E-state index < -0.39 is 0 Å². The number of aromatic nitrogens is 3. The Morgan fingerprint density at radius 2 is 2.14 bits per heavy atom. The molecule has 0 saturated heterocycles. The molecule has 0 amide bonds. The average Bonchev–Trinajstić information content (AvgIpc) is 2.55. The van der Waals surface area contributed by atoms with Gasteiger partial charge in [-0.15, -0.1) is 0 Å². The number of hydrogen-bond donors (Lipinski definition) is 1. The zero-order valence-electron chi connectivity index (χ0n) is 12.8. The monoisotopic (exact) mass is 282 g/mol. The summed E-state index contributed by atoms with van der Waals surface area (Å²) >= 11 is 0.